The molecule has 2 heterocycles. The third-order valence-electron chi connectivity index (χ3n) is 6.65. The van der Waals surface area contributed by atoms with E-state index in [4.69, 9.17) is 9.97 Å². The third kappa shape index (κ3) is 5.13. The molecule has 5 nitrogen and oxygen atoms in total. The Morgan fingerprint density at radius 1 is 0.861 bits per heavy atom. The van der Waals surface area contributed by atoms with Crippen LogP contribution < -0.4 is 4.90 Å². The van der Waals surface area contributed by atoms with Crippen molar-refractivity contribution in [2.45, 2.75) is 20.3 Å². The van der Waals surface area contributed by atoms with Crippen molar-refractivity contribution < 1.29 is 9.18 Å². The largest absolute Gasteiger partial charge is 0.353 e. The fourth-order valence-electron chi connectivity index (χ4n) is 4.69. The van der Waals surface area contributed by atoms with E-state index in [0.29, 0.717) is 37.6 Å². The second-order valence-electron chi connectivity index (χ2n) is 9.25. The summed E-state index contributed by atoms with van der Waals surface area (Å²) in [5, 5.41) is 0. The van der Waals surface area contributed by atoms with Crippen LogP contribution in [0.3, 0.4) is 0 Å². The summed E-state index contributed by atoms with van der Waals surface area (Å²) in [5.74, 6) is 1.22. The first-order valence-corrected chi connectivity index (χ1v) is 12.3. The van der Waals surface area contributed by atoms with E-state index < -0.39 is 0 Å². The van der Waals surface area contributed by atoms with Gasteiger partial charge in [-0.3, -0.25) is 4.79 Å². The van der Waals surface area contributed by atoms with Gasteiger partial charge in [-0.15, -0.1) is 0 Å². The molecule has 0 aliphatic carbocycles. The lowest BCUT2D eigenvalue weighted by Gasteiger charge is -2.36. The van der Waals surface area contributed by atoms with Crippen molar-refractivity contribution >= 4 is 11.7 Å². The van der Waals surface area contributed by atoms with E-state index in [2.05, 4.69) is 43.0 Å². The van der Waals surface area contributed by atoms with Gasteiger partial charge in [0.2, 0.25) is 0 Å². The van der Waals surface area contributed by atoms with Gasteiger partial charge in [0.15, 0.2) is 5.82 Å². The molecule has 1 aliphatic rings. The van der Waals surface area contributed by atoms with Crippen molar-refractivity contribution in [2.75, 3.05) is 31.1 Å². The second kappa shape index (κ2) is 10.3. The van der Waals surface area contributed by atoms with Crippen LogP contribution in [0.5, 0.6) is 0 Å². The molecule has 0 atom stereocenters. The third-order valence-corrected chi connectivity index (χ3v) is 6.65. The predicted molar refractivity (Wildman–Crippen MR) is 141 cm³/mol. The summed E-state index contributed by atoms with van der Waals surface area (Å²) in [6.45, 7) is 6.63. The van der Waals surface area contributed by atoms with E-state index in [1.165, 1.54) is 23.3 Å². The quantitative estimate of drug-likeness (QED) is 0.381. The fourth-order valence-corrected chi connectivity index (χ4v) is 4.69. The number of hydrogen-bond donors (Lipinski definition) is 0. The minimum absolute atomic E-state index is 0.0709. The Labute approximate surface area is 211 Å². The summed E-state index contributed by atoms with van der Waals surface area (Å²) in [4.78, 5) is 27.0. The average molecular weight is 481 g/mol. The van der Waals surface area contributed by atoms with Gasteiger partial charge >= 0.3 is 0 Å². The number of carbonyl (C=O) groups excluding carboxylic acids is 1. The van der Waals surface area contributed by atoms with Gasteiger partial charge in [0.05, 0.1) is 0 Å². The highest BCUT2D eigenvalue weighted by molar-refractivity contribution is 5.94. The molecule has 0 N–H and O–H groups in total. The van der Waals surface area contributed by atoms with Crippen LogP contribution in [-0.4, -0.2) is 47.0 Å². The molecule has 36 heavy (non-hydrogen) atoms. The number of benzene rings is 3. The lowest BCUT2D eigenvalue weighted by Crippen LogP contribution is -2.49. The summed E-state index contributed by atoms with van der Waals surface area (Å²) < 4.78 is 13.3. The minimum atomic E-state index is -0.342. The molecule has 1 fully saturated rings. The van der Waals surface area contributed by atoms with Crippen LogP contribution in [0.4, 0.5) is 10.2 Å². The number of rotatable bonds is 5. The molecule has 0 bridgehead atoms. The molecule has 1 amide bonds. The Morgan fingerprint density at radius 3 is 2.28 bits per heavy atom. The topological polar surface area (TPSA) is 49.3 Å². The van der Waals surface area contributed by atoms with Crippen molar-refractivity contribution in [3.05, 3.63) is 113 Å². The zero-order valence-corrected chi connectivity index (χ0v) is 20.6. The van der Waals surface area contributed by atoms with Gasteiger partial charge in [-0.1, -0.05) is 60.2 Å². The Kier molecular flexibility index (Phi) is 6.76. The molecular weight excluding hydrogens is 451 g/mol. The van der Waals surface area contributed by atoms with E-state index in [1.54, 1.807) is 12.1 Å². The summed E-state index contributed by atoms with van der Waals surface area (Å²) >= 11 is 0. The number of carbonyl (C=O) groups is 1. The molecule has 0 saturated carbocycles. The number of aromatic nitrogens is 2. The number of hydrogen-bond acceptors (Lipinski definition) is 4. The maximum absolute atomic E-state index is 13.3. The first kappa shape index (κ1) is 23.7. The van der Waals surface area contributed by atoms with Crippen molar-refractivity contribution in [3.63, 3.8) is 0 Å². The van der Waals surface area contributed by atoms with E-state index in [1.807, 2.05) is 35.2 Å². The minimum Gasteiger partial charge on any atom is -0.353 e. The number of nitrogens with zero attached hydrogens (tertiary/aromatic N) is 4. The molecule has 4 aromatic rings. The standard InChI is InChI=1S/C30H29FN4O/c1-21-7-6-8-23(19-21)20-27-22(2)32-28(24-9-4-3-5-10-24)33-29(27)34-15-17-35(18-16-34)30(36)25-11-13-26(31)14-12-25/h3-14,19H,15-18,20H2,1-2H3. The Hall–Kier alpha value is -4.06. The molecule has 0 radical (unpaired) electrons. The van der Waals surface area contributed by atoms with Gasteiger partial charge in [-0.2, -0.15) is 0 Å². The van der Waals surface area contributed by atoms with Crippen molar-refractivity contribution in [2.24, 2.45) is 0 Å². The van der Waals surface area contributed by atoms with Gasteiger partial charge in [0.1, 0.15) is 11.6 Å². The Bertz CT molecular complexity index is 1360. The fraction of sp³-hybridized carbons (Fsp3) is 0.233. The van der Waals surface area contributed by atoms with Gasteiger partial charge in [0, 0.05) is 55.0 Å². The SMILES string of the molecule is Cc1cccc(Cc2c(C)nc(-c3ccccc3)nc2N2CCN(C(=O)c3ccc(F)cc3)CC2)c1. The normalized spacial score (nSPS) is 13.6. The zero-order chi connectivity index (χ0) is 25.1. The lowest BCUT2D eigenvalue weighted by atomic mass is 10.0. The van der Waals surface area contributed by atoms with Crippen LogP contribution in [0.15, 0.2) is 78.9 Å². The summed E-state index contributed by atoms with van der Waals surface area (Å²) in [5.41, 5.74) is 6.01. The summed E-state index contributed by atoms with van der Waals surface area (Å²) in [7, 11) is 0. The lowest BCUT2D eigenvalue weighted by molar-refractivity contribution is 0.0746. The molecule has 3 aromatic carbocycles. The second-order valence-corrected chi connectivity index (χ2v) is 9.25. The Morgan fingerprint density at radius 2 is 1.58 bits per heavy atom. The molecule has 6 heteroatoms. The van der Waals surface area contributed by atoms with Crippen molar-refractivity contribution in [1.82, 2.24) is 14.9 Å². The molecule has 1 aliphatic heterocycles. The van der Waals surface area contributed by atoms with Crippen molar-refractivity contribution in [3.8, 4) is 11.4 Å². The Balaban J connectivity index is 1.44. The van der Waals surface area contributed by atoms with Crippen LogP contribution in [0.1, 0.15) is 32.7 Å². The number of aryl methyl sites for hydroxylation is 2. The highest BCUT2D eigenvalue weighted by atomic mass is 19.1. The van der Waals surface area contributed by atoms with Crippen molar-refractivity contribution in [1.29, 1.82) is 0 Å². The monoisotopic (exact) mass is 480 g/mol. The van der Waals surface area contributed by atoms with Gasteiger partial charge in [-0.25, -0.2) is 14.4 Å². The first-order chi connectivity index (χ1) is 17.5. The van der Waals surface area contributed by atoms with Crippen LogP contribution in [0.25, 0.3) is 11.4 Å². The highest BCUT2D eigenvalue weighted by Gasteiger charge is 2.26. The summed E-state index contributed by atoms with van der Waals surface area (Å²) in [6.07, 6.45) is 0.743. The smallest absolute Gasteiger partial charge is 0.253 e. The summed E-state index contributed by atoms with van der Waals surface area (Å²) in [6, 6.07) is 24.3. The predicted octanol–water partition coefficient (Wildman–Crippen LogP) is 5.45. The first-order valence-electron chi connectivity index (χ1n) is 12.3. The molecule has 0 spiro atoms. The zero-order valence-electron chi connectivity index (χ0n) is 20.6. The van der Waals surface area contributed by atoms with Crippen LogP contribution in [0, 0.1) is 19.7 Å². The molecule has 0 unspecified atom stereocenters. The van der Waals surface area contributed by atoms with E-state index in [0.717, 1.165) is 29.1 Å². The number of amides is 1. The van der Waals surface area contributed by atoms with E-state index >= 15 is 0 Å². The molecular formula is C30H29FN4O. The van der Waals surface area contributed by atoms with Gasteiger partial charge in [-0.05, 0) is 43.7 Å². The number of piperazine rings is 1. The van der Waals surface area contributed by atoms with E-state index in [-0.39, 0.29) is 11.7 Å². The molecule has 1 saturated heterocycles. The number of anilines is 1. The van der Waals surface area contributed by atoms with E-state index in [9.17, 15) is 9.18 Å². The molecule has 5 rings (SSSR count). The molecule has 1 aromatic heterocycles. The van der Waals surface area contributed by atoms with Gasteiger partial charge < -0.3 is 9.80 Å². The van der Waals surface area contributed by atoms with Crippen LogP contribution >= 0.6 is 0 Å². The van der Waals surface area contributed by atoms with Gasteiger partial charge in [0.25, 0.3) is 5.91 Å². The number of halogens is 1. The maximum atomic E-state index is 13.3. The average Bonchev–Trinajstić information content (AvgIpc) is 2.90. The molecule has 182 valence electrons. The van der Waals surface area contributed by atoms with Crippen LogP contribution in [0.2, 0.25) is 0 Å². The maximum Gasteiger partial charge on any atom is 0.253 e. The van der Waals surface area contributed by atoms with Crippen LogP contribution in [-0.2, 0) is 6.42 Å². The highest BCUT2D eigenvalue weighted by Crippen LogP contribution is 2.28.